The van der Waals surface area contributed by atoms with Crippen LogP contribution in [0.2, 0.25) is 0 Å². The van der Waals surface area contributed by atoms with Gasteiger partial charge in [-0.3, -0.25) is 9.36 Å². The molecule has 2 aromatic heterocycles. The summed E-state index contributed by atoms with van der Waals surface area (Å²) in [6.45, 7) is 2.09. The summed E-state index contributed by atoms with van der Waals surface area (Å²) < 4.78 is 2.11. The molecule has 0 spiro atoms. The lowest BCUT2D eigenvalue weighted by molar-refractivity contribution is -0.119. The molecule has 0 amide bonds. The summed E-state index contributed by atoms with van der Waals surface area (Å²) in [7, 11) is 0. The zero-order chi connectivity index (χ0) is 19.8. The van der Waals surface area contributed by atoms with E-state index in [2.05, 4.69) is 50.9 Å². The first-order valence-electron chi connectivity index (χ1n) is 9.99. The molecule has 4 aromatic rings. The summed E-state index contributed by atoms with van der Waals surface area (Å²) in [6, 6.07) is 16.4. The van der Waals surface area contributed by atoms with Crippen LogP contribution in [0.1, 0.15) is 31.2 Å². The monoisotopic (exact) mass is 402 g/mol. The predicted molar refractivity (Wildman–Crippen MR) is 117 cm³/mol. The average Bonchev–Trinajstić information content (AvgIpc) is 3.34. The van der Waals surface area contributed by atoms with Crippen LogP contribution in [0.25, 0.3) is 28.0 Å². The fraction of sp³-hybridized carbons (Fsp3) is 0.261. The number of fused-ring (bicyclic) bond motifs is 1. The van der Waals surface area contributed by atoms with Gasteiger partial charge >= 0.3 is 0 Å². The molecule has 1 aliphatic carbocycles. The van der Waals surface area contributed by atoms with E-state index in [0.717, 1.165) is 58.0 Å². The molecule has 1 aliphatic rings. The molecule has 1 fully saturated rings. The van der Waals surface area contributed by atoms with Gasteiger partial charge in [0.05, 0.1) is 10.9 Å². The lowest BCUT2D eigenvalue weighted by Crippen LogP contribution is -2.21. The third-order valence-electron chi connectivity index (χ3n) is 5.57. The van der Waals surface area contributed by atoms with Crippen molar-refractivity contribution in [2.75, 3.05) is 0 Å². The number of hydrogen-bond donors (Lipinski definition) is 1. The van der Waals surface area contributed by atoms with E-state index in [4.69, 9.17) is 0 Å². The number of carbonyl (C=O) groups excluding carboxylic acids is 1. The van der Waals surface area contributed by atoms with E-state index >= 15 is 0 Å². The third kappa shape index (κ3) is 3.27. The number of rotatable bonds is 4. The first kappa shape index (κ1) is 18.2. The van der Waals surface area contributed by atoms with Crippen LogP contribution in [-0.2, 0) is 4.79 Å². The molecule has 1 unspecified atom stereocenters. The number of benzene rings is 2. The standard InChI is InChI=1S/C23H22N4OS/c1-15-8-2-5-11-19(15)27-22(17-14-24-18-10-4-3-9-16(17)18)25-26-23(27)29-21-13-7-6-12-20(21)28/h2-5,8-11,14,21,24H,6-7,12-13H2,1H3. The number of para-hydroxylation sites is 2. The number of Topliss-reactive ketones (excluding diaryl/α,β-unsaturated/α-hetero) is 1. The average molecular weight is 403 g/mol. The number of H-pyrrole nitrogens is 1. The lowest BCUT2D eigenvalue weighted by Gasteiger charge is -2.20. The minimum Gasteiger partial charge on any atom is -0.360 e. The van der Waals surface area contributed by atoms with Gasteiger partial charge in [-0.2, -0.15) is 0 Å². The summed E-state index contributed by atoms with van der Waals surface area (Å²) in [5.74, 6) is 1.12. The number of carbonyl (C=O) groups is 1. The fourth-order valence-corrected chi connectivity index (χ4v) is 5.18. The SMILES string of the molecule is Cc1ccccc1-n1c(SC2CCCCC2=O)nnc1-c1c[nH]c2ccccc12. The molecule has 1 N–H and O–H groups in total. The normalized spacial score (nSPS) is 17.1. The summed E-state index contributed by atoms with van der Waals surface area (Å²) >= 11 is 1.56. The number of aryl methyl sites for hydroxylation is 1. The molecule has 0 aliphatic heterocycles. The van der Waals surface area contributed by atoms with Crippen LogP contribution >= 0.6 is 11.8 Å². The first-order chi connectivity index (χ1) is 14.2. The second-order valence-corrected chi connectivity index (χ2v) is 8.66. The Morgan fingerprint density at radius 2 is 1.90 bits per heavy atom. The first-order valence-corrected chi connectivity index (χ1v) is 10.9. The van der Waals surface area contributed by atoms with E-state index in [0.29, 0.717) is 12.2 Å². The summed E-state index contributed by atoms with van der Waals surface area (Å²) in [6.07, 6.45) is 5.67. The summed E-state index contributed by atoms with van der Waals surface area (Å²) in [5.41, 5.74) is 4.27. The molecule has 5 rings (SSSR count). The van der Waals surface area contributed by atoms with Gasteiger partial charge in [0.15, 0.2) is 11.0 Å². The smallest absolute Gasteiger partial charge is 0.196 e. The Kier molecular flexibility index (Phi) is 4.72. The molecule has 146 valence electrons. The molecular weight excluding hydrogens is 380 g/mol. The van der Waals surface area contributed by atoms with Gasteiger partial charge in [-0.1, -0.05) is 54.6 Å². The van der Waals surface area contributed by atoms with Crippen molar-refractivity contribution in [3.63, 3.8) is 0 Å². The van der Waals surface area contributed by atoms with E-state index in [1.807, 2.05) is 30.5 Å². The van der Waals surface area contributed by atoms with Crippen LogP contribution in [0, 0.1) is 6.92 Å². The lowest BCUT2D eigenvalue weighted by atomic mass is 9.99. The molecule has 0 bridgehead atoms. The molecule has 5 nitrogen and oxygen atoms in total. The van der Waals surface area contributed by atoms with Crippen molar-refractivity contribution in [1.29, 1.82) is 0 Å². The van der Waals surface area contributed by atoms with Gasteiger partial charge in [-0.05, 0) is 37.5 Å². The molecular formula is C23H22N4OS. The van der Waals surface area contributed by atoms with Gasteiger partial charge in [0.2, 0.25) is 0 Å². The van der Waals surface area contributed by atoms with Gasteiger partial charge < -0.3 is 4.98 Å². The number of hydrogen-bond acceptors (Lipinski definition) is 4. The Labute approximate surface area is 173 Å². The number of aromatic amines is 1. The van der Waals surface area contributed by atoms with Crippen molar-refractivity contribution < 1.29 is 4.79 Å². The van der Waals surface area contributed by atoms with Crippen LogP contribution in [0.5, 0.6) is 0 Å². The van der Waals surface area contributed by atoms with E-state index in [1.165, 1.54) is 0 Å². The Morgan fingerprint density at radius 1 is 1.07 bits per heavy atom. The van der Waals surface area contributed by atoms with E-state index in [-0.39, 0.29) is 5.25 Å². The molecule has 29 heavy (non-hydrogen) atoms. The fourth-order valence-electron chi connectivity index (χ4n) is 4.01. The maximum Gasteiger partial charge on any atom is 0.196 e. The summed E-state index contributed by atoms with van der Waals surface area (Å²) in [4.78, 5) is 15.8. The minimum absolute atomic E-state index is 0.0356. The highest BCUT2D eigenvalue weighted by atomic mass is 32.2. The minimum atomic E-state index is -0.0356. The third-order valence-corrected chi connectivity index (χ3v) is 6.82. The van der Waals surface area contributed by atoms with Gasteiger partial charge in [0.1, 0.15) is 5.78 Å². The highest BCUT2D eigenvalue weighted by molar-refractivity contribution is 8.00. The van der Waals surface area contributed by atoms with Gasteiger partial charge in [0.25, 0.3) is 0 Å². The van der Waals surface area contributed by atoms with Crippen molar-refractivity contribution >= 4 is 28.4 Å². The second kappa shape index (κ2) is 7.52. The Balaban J connectivity index is 1.67. The topological polar surface area (TPSA) is 63.6 Å². The van der Waals surface area contributed by atoms with E-state index < -0.39 is 0 Å². The second-order valence-electron chi connectivity index (χ2n) is 7.49. The van der Waals surface area contributed by atoms with Crippen molar-refractivity contribution in [3.8, 4) is 17.1 Å². The quantitative estimate of drug-likeness (QED) is 0.501. The van der Waals surface area contributed by atoms with Crippen LogP contribution in [0.15, 0.2) is 59.9 Å². The number of nitrogens with zero attached hydrogens (tertiary/aromatic N) is 3. The van der Waals surface area contributed by atoms with E-state index in [9.17, 15) is 4.79 Å². The predicted octanol–water partition coefficient (Wildman–Crippen LogP) is 5.33. The number of aromatic nitrogens is 4. The van der Waals surface area contributed by atoms with Crippen LogP contribution in [0.3, 0.4) is 0 Å². The molecule has 6 heteroatoms. The van der Waals surface area contributed by atoms with Crippen LogP contribution in [-0.4, -0.2) is 30.8 Å². The number of ketones is 1. The molecule has 0 saturated heterocycles. The Morgan fingerprint density at radius 3 is 2.76 bits per heavy atom. The van der Waals surface area contributed by atoms with Crippen LogP contribution in [0.4, 0.5) is 0 Å². The summed E-state index contributed by atoms with van der Waals surface area (Å²) in [5, 5.41) is 11.0. The molecule has 1 atom stereocenters. The van der Waals surface area contributed by atoms with Gasteiger partial charge in [-0.15, -0.1) is 10.2 Å². The van der Waals surface area contributed by atoms with Crippen molar-refractivity contribution in [3.05, 3.63) is 60.3 Å². The maximum atomic E-state index is 12.4. The van der Waals surface area contributed by atoms with E-state index in [1.54, 1.807) is 11.8 Å². The Bertz CT molecular complexity index is 1190. The highest BCUT2D eigenvalue weighted by Crippen LogP contribution is 2.36. The van der Waals surface area contributed by atoms with Crippen LogP contribution < -0.4 is 0 Å². The largest absolute Gasteiger partial charge is 0.360 e. The molecule has 0 radical (unpaired) electrons. The van der Waals surface area contributed by atoms with Crippen molar-refractivity contribution in [2.45, 2.75) is 43.0 Å². The van der Waals surface area contributed by atoms with Crippen molar-refractivity contribution in [1.82, 2.24) is 19.7 Å². The highest BCUT2D eigenvalue weighted by Gasteiger charge is 2.27. The Hall–Kier alpha value is -2.86. The molecule has 2 aromatic carbocycles. The molecule has 1 saturated carbocycles. The number of thioether (sulfide) groups is 1. The van der Waals surface area contributed by atoms with Gasteiger partial charge in [-0.25, -0.2) is 0 Å². The zero-order valence-corrected chi connectivity index (χ0v) is 17.1. The molecule has 2 heterocycles. The maximum absolute atomic E-state index is 12.4. The van der Waals surface area contributed by atoms with Crippen molar-refractivity contribution in [2.24, 2.45) is 0 Å². The number of nitrogens with one attached hydrogen (secondary N) is 1. The van der Waals surface area contributed by atoms with Gasteiger partial charge in [0, 0.05) is 29.1 Å². The zero-order valence-electron chi connectivity index (χ0n) is 16.3.